The number of nitrogens with zero attached hydrogens (tertiary/aromatic N) is 2. The molecule has 1 aromatic carbocycles. The van der Waals surface area contributed by atoms with Gasteiger partial charge in [-0.25, -0.2) is 9.97 Å². The summed E-state index contributed by atoms with van der Waals surface area (Å²) >= 11 is 1.74. The zero-order chi connectivity index (χ0) is 14.9. The van der Waals surface area contributed by atoms with Gasteiger partial charge in [-0.15, -0.1) is 11.3 Å². The molecule has 3 heteroatoms. The van der Waals surface area contributed by atoms with Crippen LogP contribution in [0, 0.1) is 11.3 Å². The summed E-state index contributed by atoms with van der Waals surface area (Å²) in [6.45, 7) is 4.83. The predicted octanol–water partition coefficient (Wildman–Crippen LogP) is 5.04. The van der Waals surface area contributed by atoms with Crippen molar-refractivity contribution in [3.8, 4) is 10.7 Å². The second kappa shape index (κ2) is 4.17. The van der Waals surface area contributed by atoms with Gasteiger partial charge in [0.15, 0.2) is 0 Å². The van der Waals surface area contributed by atoms with Gasteiger partial charge < -0.3 is 0 Å². The van der Waals surface area contributed by atoms with Crippen LogP contribution in [0.3, 0.4) is 0 Å². The highest BCUT2D eigenvalue weighted by molar-refractivity contribution is 7.21. The van der Waals surface area contributed by atoms with Gasteiger partial charge in [0.25, 0.3) is 0 Å². The molecular formula is C19H18N2S. The number of hydrogen-bond acceptors (Lipinski definition) is 3. The van der Waals surface area contributed by atoms with E-state index in [1.807, 2.05) is 6.07 Å². The molecule has 2 aromatic heterocycles. The van der Waals surface area contributed by atoms with E-state index >= 15 is 0 Å². The monoisotopic (exact) mass is 306 g/mol. The van der Waals surface area contributed by atoms with Crippen LogP contribution in [0.2, 0.25) is 0 Å². The predicted molar refractivity (Wildman–Crippen MR) is 91.2 cm³/mol. The molecule has 0 amide bonds. The Morgan fingerprint density at radius 1 is 1.09 bits per heavy atom. The fourth-order valence-electron chi connectivity index (χ4n) is 4.22. The minimum absolute atomic E-state index is 0.464. The van der Waals surface area contributed by atoms with Crippen molar-refractivity contribution in [3.05, 3.63) is 47.7 Å². The summed E-state index contributed by atoms with van der Waals surface area (Å²) in [5.74, 6) is 1.52. The first kappa shape index (κ1) is 12.8. The van der Waals surface area contributed by atoms with Gasteiger partial charge in [-0.05, 0) is 53.9 Å². The van der Waals surface area contributed by atoms with E-state index < -0.39 is 0 Å². The minimum atomic E-state index is 0.464. The van der Waals surface area contributed by atoms with Crippen LogP contribution in [0.25, 0.3) is 20.9 Å². The molecule has 3 aliphatic carbocycles. The highest BCUT2D eigenvalue weighted by Gasteiger charge is 2.52. The van der Waals surface area contributed by atoms with E-state index in [1.54, 1.807) is 11.3 Å². The van der Waals surface area contributed by atoms with Gasteiger partial charge in [0.2, 0.25) is 0 Å². The summed E-state index contributed by atoms with van der Waals surface area (Å²) in [6, 6.07) is 12.8. The zero-order valence-electron chi connectivity index (χ0n) is 12.8. The number of benzene rings is 1. The number of aromatic nitrogens is 2. The molecule has 2 heterocycles. The van der Waals surface area contributed by atoms with E-state index in [0.717, 1.165) is 28.6 Å². The maximum atomic E-state index is 4.97. The normalized spacial score (nSPS) is 24.8. The molecule has 6 rings (SSSR count). The standard InChI is InChI=1S/C19H18N2S/c1-19(2)11-9-13(19)12-7-8-15(20-16(12)10-11)18-21-14-5-3-4-6-17(14)22-18/h3-8,11,13H,9-10H2,1-2H3/t11-,13+/m1/s1. The molecule has 0 aliphatic heterocycles. The fourth-order valence-corrected chi connectivity index (χ4v) is 5.15. The third-order valence-electron chi connectivity index (χ3n) is 5.81. The number of pyridine rings is 1. The minimum Gasteiger partial charge on any atom is -0.250 e. The molecule has 0 saturated heterocycles. The number of rotatable bonds is 1. The Hall–Kier alpha value is -1.74. The Labute approximate surface area is 134 Å². The highest BCUT2D eigenvalue weighted by Crippen LogP contribution is 2.61. The molecule has 3 aromatic rings. The van der Waals surface area contributed by atoms with Crippen molar-refractivity contribution in [2.24, 2.45) is 11.3 Å². The maximum Gasteiger partial charge on any atom is 0.143 e. The summed E-state index contributed by atoms with van der Waals surface area (Å²) in [5, 5.41) is 1.04. The first-order valence-corrected chi connectivity index (χ1v) is 8.80. The lowest BCUT2D eigenvalue weighted by Gasteiger charge is -2.56. The number of hydrogen-bond donors (Lipinski definition) is 0. The van der Waals surface area contributed by atoms with Crippen molar-refractivity contribution in [2.45, 2.75) is 32.6 Å². The van der Waals surface area contributed by atoms with Crippen LogP contribution in [-0.2, 0) is 6.42 Å². The lowest BCUT2D eigenvalue weighted by Crippen LogP contribution is -2.48. The Kier molecular flexibility index (Phi) is 2.42. The average molecular weight is 306 g/mol. The van der Waals surface area contributed by atoms with E-state index in [1.165, 1.54) is 22.4 Å². The van der Waals surface area contributed by atoms with E-state index in [0.29, 0.717) is 11.3 Å². The van der Waals surface area contributed by atoms with Crippen molar-refractivity contribution >= 4 is 21.6 Å². The van der Waals surface area contributed by atoms with Crippen molar-refractivity contribution < 1.29 is 0 Å². The van der Waals surface area contributed by atoms with Crippen molar-refractivity contribution in [1.82, 2.24) is 9.97 Å². The average Bonchev–Trinajstić information content (AvgIpc) is 2.97. The Morgan fingerprint density at radius 3 is 2.77 bits per heavy atom. The molecular weight excluding hydrogens is 288 g/mol. The zero-order valence-corrected chi connectivity index (χ0v) is 13.7. The third-order valence-corrected chi connectivity index (χ3v) is 6.87. The molecule has 110 valence electrons. The Bertz CT molecular complexity index is 860. The van der Waals surface area contributed by atoms with Crippen LogP contribution >= 0.6 is 11.3 Å². The van der Waals surface area contributed by atoms with Crippen LogP contribution in [-0.4, -0.2) is 9.97 Å². The lowest BCUT2D eigenvalue weighted by atomic mass is 9.48. The lowest BCUT2D eigenvalue weighted by molar-refractivity contribution is 0.0170. The number of para-hydroxylation sites is 1. The van der Waals surface area contributed by atoms with Crippen molar-refractivity contribution in [3.63, 3.8) is 0 Å². The molecule has 22 heavy (non-hydrogen) atoms. The Balaban J connectivity index is 1.60. The van der Waals surface area contributed by atoms with Crippen LogP contribution < -0.4 is 0 Å². The first-order chi connectivity index (χ1) is 10.6. The summed E-state index contributed by atoms with van der Waals surface area (Å²) < 4.78 is 1.24. The first-order valence-electron chi connectivity index (χ1n) is 7.99. The maximum absolute atomic E-state index is 4.97. The summed E-state index contributed by atoms with van der Waals surface area (Å²) in [4.78, 5) is 9.72. The summed E-state index contributed by atoms with van der Waals surface area (Å²) in [7, 11) is 0. The molecule has 0 unspecified atom stereocenters. The van der Waals surface area contributed by atoms with Gasteiger partial charge in [-0.1, -0.05) is 32.0 Å². The molecule has 0 spiro atoms. The molecule has 2 nitrogen and oxygen atoms in total. The van der Waals surface area contributed by atoms with Crippen LogP contribution in [0.5, 0.6) is 0 Å². The SMILES string of the molecule is CC1(C)[C@H]2Cc3nc(-c4nc5ccccc5s4)ccc3[C@@H]1C2. The second-order valence-corrected chi connectivity index (χ2v) is 8.26. The van der Waals surface area contributed by atoms with Crippen LogP contribution in [0.15, 0.2) is 36.4 Å². The molecule has 2 atom stereocenters. The highest BCUT2D eigenvalue weighted by atomic mass is 32.1. The molecule has 1 saturated carbocycles. The second-order valence-electron chi connectivity index (χ2n) is 7.23. The number of thiazole rings is 1. The topological polar surface area (TPSA) is 25.8 Å². The molecule has 2 bridgehead atoms. The van der Waals surface area contributed by atoms with Gasteiger partial charge in [0.05, 0.1) is 15.9 Å². The fraction of sp³-hybridized carbons (Fsp3) is 0.368. The van der Waals surface area contributed by atoms with Gasteiger partial charge in [-0.3, -0.25) is 0 Å². The summed E-state index contributed by atoms with van der Waals surface area (Å²) in [6.07, 6.45) is 2.49. The quantitative estimate of drug-likeness (QED) is 0.629. The third kappa shape index (κ3) is 1.60. The van der Waals surface area contributed by atoms with Crippen LogP contribution in [0.1, 0.15) is 37.4 Å². The van der Waals surface area contributed by atoms with E-state index in [4.69, 9.17) is 9.97 Å². The van der Waals surface area contributed by atoms with Gasteiger partial charge in [0.1, 0.15) is 5.01 Å². The van der Waals surface area contributed by atoms with Gasteiger partial charge in [-0.2, -0.15) is 0 Å². The van der Waals surface area contributed by atoms with Crippen molar-refractivity contribution in [1.29, 1.82) is 0 Å². The largest absolute Gasteiger partial charge is 0.250 e. The van der Waals surface area contributed by atoms with E-state index in [9.17, 15) is 0 Å². The van der Waals surface area contributed by atoms with E-state index in [2.05, 4.69) is 44.2 Å². The molecule has 1 fully saturated rings. The molecule has 0 N–H and O–H groups in total. The van der Waals surface area contributed by atoms with Crippen molar-refractivity contribution in [2.75, 3.05) is 0 Å². The Morgan fingerprint density at radius 2 is 1.95 bits per heavy atom. The molecule has 0 radical (unpaired) electrons. The number of fused-ring (bicyclic) bond motifs is 1. The van der Waals surface area contributed by atoms with Crippen LogP contribution in [0.4, 0.5) is 0 Å². The summed E-state index contributed by atoms with van der Waals surface area (Å²) in [5.41, 5.74) is 5.38. The molecule has 3 aliphatic rings. The van der Waals surface area contributed by atoms with E-state index in [-0.39, 0.29) is 0 Å². The van der Waals surface area contributed by atoms with Gasteiger partial charge >= 0.3 is 0 Å². The van der Waals surface area contributed by atoms with Gasteiger partial charge in [0, 0.05) is 5.69 Å². The smallest absolute Gasteiger partial charge is 0.143 e.